The van der Waals surface area contributed by atoms with Crippen molar-refractivity contribution in [3.05, 3.63) is 48.5 Å². The summed E-state index contributed by atoms with van der Waals surface area (Å²) in [6.45, 7) is 0. The summed E-state index contributed by atoms with van der Waals surface area (Å²) >= 11 is 1.56. The standard InChI is InChI=1S/C21H25N3O4S2/c1-27-17-9-5-15(6-10-17)19-20(16-7-11-18(28-2)12-8-16)24-21(23-19)29-13-3-4-14-30(22,25)26/h5-12H,3-4,13-14H2,1-2H3,(H,23,24)(H2,22,25,26). The molecule has 3 rings (SSSR count). The molecule has 0 unspecified atom stereocenters. The molecule has 2 aromatic carbocycles. The van der Waals surface area contributed by atoms with E-state index < -0.39 is 10.0 Å². The van der Waals surface area contributed by atoms with E-state index in [9.17, 15) is 8.42 Å². The molecule has 0 fully saturated rings. The highest BCUT2D eigenvalue weighted by Gasteiger charge is 2.15. The zero-order chi connectivity index (χ0) is 21.6. The molecule has 160 valence electrons. The second kappa shape index (κ2) is 10.0. The fraction of sp³-hybridized carbons (Fsp3) is 0.286. The van der Waals surface area contributed by atoms with Crippen LogP contribution in [0.4, 0.5) is 0 Å². The maximum Gasteiger partial charge on any atom is 0.209 e. The average molecular weight is 448 g/mol. The van der Waals surface area contributed by atoms with E-state index in [0.717, 1.165) is 51.3 Å². The van der Waals surface area contributed by atoms with E-state index in [-0.39, 0.29) is 5.75 Å². The Labute approximate surface area is 181 Å². The summed E-state index contributed by atoms with van der Waals surface area (Å²) < 4.78 is 32.6. The minimum Gasteiger partial charge on any atom is -0.497 e. The van der Waals surface area contributed by atoms with Crippen LogP contribution in [0.3, 0.4) is 0 Å². The lowest BCUT2D eigenvalue weighted by Crippen LogP contribution is -2.16. The SMILES string of the molecule is COc1ccc(-c2nc(SCCCCS(N)(=O)=O)[nH]c2-c2ccc(OC)cc2)cc1. The van der Waals surface area contributed by atoms with Crippen LogP contribution in [-0.2, 0) is 10.0 Å². The third-order valence-electron chi connectivity index (χ3n) is 4.49. The highest BCUT2D eigenvalue weighted by Crippen LogP contribution is 2.34. The topological polar surface area (TPSA) is 107 Å². The van der Waals surface area contributed by atoms with Gasteiger partial charge in [-0.2, -0.15) is 0 Å². The Balaban J connectivity index is 1.83. The number of methoxy groups -OCH3 is 2. The molecule has 1 aromatic heterocycles. The van der Waals surface area contributed by atoms with Crippen molar-refractivity contribution in [1.82, 2.24) is 9.97 Å². The van der Waals surface area contributed by atoms with E-state index in [1.807, 2.05) is 48.5 Å². The third kappa shape index (κ3) is 6.01. The van der Waals surface area contributed by atoms with Gasteiger partial charge in [-0.05, 0) is 61.4 Å². The summed E-state index contributed by atoms with van der Waals surface area (Å²) in [5, 5.41) is 5.83. The summed E-state index contributed by atoms with van der Waals surface area (Å²) in [4.78, 5) is 8.20. The van der Waals surface area contributed by atoms with Crippen molar-refractivity contribution in [3.8, 4) is 34.0 Å². The van der Waals surface area contributed by atoms with Crippen molar-refractivity contribution in [3.63, 3.8) is 0 Å². The van der Waals surface area contributed by atoms with Crippen molar-refractivity contribution in [2.75, 3.05) is 25.7 Å². The average Bonchev–Trinajstić information content (AvgIpc) is 3.17. The molecule has 0 radical (unpaired) electrons. The molecule has 0 aliphatic carbocycles. The summed E-state index contributed by atoms with van der Waals surface area (Å²) in [6, 6.07) is 15.6. The third-order valence-corrected chi connectivity index (χ3v) is 6.30. The minimum absolute atomic E-state index is 0.0000880. The first kappa shape index (κ1) is 22.2. The number of rotatable bonds is 10. The van der Waals surface area contributed by atoms with Crippen molar-refractivity contribution in [2.24, 2.45) is 5.14 Å². The van der Waals surface area contributed by atoms with E-state index in [1.165, 1.54) is 0 Å². The molecule has 1 heterocycles. The molecule has 0 atom stereocenters. The van der Waals surface area contributed by atoms with Crippen LogP contribution in [0.2, 0.25) is 0 Å². The Bertz CT molecular complexity index is 998. The number of hydrogen-bond donors (Lipinski definition) is 2. The minimum atomic E-state index is -3.41. The smallest absolute Gasteiger partial charge is 0.209 e. The summed E-state index contributed by atoms with van der Waals surface area (Å²) in [6.07, 6.45) is 1.26. The first-order valence-corrected chi connectivity index (χ1v) is 12.1. The highest BCUT2D eigenvalue weighted by atomic mass is 32.2. The van der Waals surface area contributed by atoms with Gasteiger partial charge in [-0.3, -0.25) is 0 Å². The van der Waals surface area contributed by atoms with E-state index >= 15 is 0 Å². The van der Waals surface area contributed by atoms with Gasteiger partial charge in [0.05, 0.1) is 31.4 Å². The maximum atomic E-state index is 11.1. The number of nitrogens with two attached hydrogens (primary N) is 1. The molecular weight excluding hydrogens is 422 g/mol. The first-order chi connectivity index (χ1) is 14.4. The van der Waals surface area contributed by atoms with Crippen LogP contribution in [0.25, 0.3) is 22.5 Å². The largest absolute Gasteiger partial charge is 0.497 e. The molecule has 3 N–H and O–H groups in total. The Morgan fingerprint density at radius 2 is 1.50 bits per heavy atom. The number of imidazole rings is 1. The molecule has 0 saturated carbocycles. The van der Waals surface area contributed by atoms with Crippen molar-refractivity contribution >= 4 is 21.8 Å². The molecule has 7 nitrogen and oxygen atoms in total. The van der Waals surface area contributed by atoms with E-state index in [0.29, 0.717) is 6.42 Å². The highest BCUT2D eigenvalue weighted by molar-refractivity contribution is 7.99. The van der Waals surface area contributed by atoms with E-state index in [4.69, 9.17) is 19.6 Å². The van der Waals surface area contributed by atoms with Crippen molar-refractivity contribution in [1.29, 1.82) is 0 Å². The van der Waals surface area contributed by atoms with Gasteiger partial charge in [0.15, 0.2) is 5.16 Å². The zero-order valence-electron chi connectivity index (χ0n) is 16.9. The second-order valence-corrected chi connectivity index (χ2v) is 9.46. The molecule has 0 aliphatic heterocycles. The van der Waals surface area contributed by atoms with Gasteiger partial charge in [0.1, 0.15) is 11.5 Å². The number of primary sulfonamides is 1. The molecule has 0 spiro atoms. The fourth-order valence-electron chi connectivity index (χ4n) is 2.92. The Hall–Kier alpha value is -2.49. The number of aromatic nitrogens is 2. The Morgan fingerprint density at radius 1 is 0.933 bits per heavy atom. The molecule has 0 saturated heterocycles. The van der Waals surface area contributed by atoms with Crippen LogP contribution in [0.1, 0.15) is 12.8 Å². The predicted molar refractivity (Wildman–Crippen MR) is 120 cm³/mol. The lowest BCUT2D eigenvalue weighted by atomic mass is 10.0. The Morgan fingerprint density at radius 3 is 2.03 bits per heavy atom. The number of nitrogens with one attached hydrogen (secondary N) is 1. The van der Waals surface area contributed by atoms with Gasteiger partial charge in [-0.1, -0.05) is 11.8 Å². The van der Waals surface area contributed by atoms with Crippen molar-refractivity contribution in [2.45, 2.75) is 18.0 Å². The normalized spacial score (nSPS) is 11.4. The van der Waals surface area contributed by atoms with Gasteiger partial charge < -0.3 is 14.5 Å². The van der Waals surface area contributed by atoms with E-state index in [1.54, 1.807) is 26.0 Å². The monoisotopic (exact) mass is 447 g/mol. The molecule has 9 heteroatoms. The summed E-state index contributed by atoms with van der Waals surface area (Å²) in [7, 11) is -0.135. The lowest BCUT2D eigenvalue weighted by Gasteiger charge is -2.06. The maximum absolute atomic E-state index is 11.1. The molecular formula is C21H25N3O4S2. The molecule has 0 amide bonds. The number of aromatic amines is 1. The van der Waals surface area contributed by atoms with Crippen molar-refractivity contribution < 1.29 is 17.9 Å². The van der Waals surface area contributed by atoms with Gasteiger partial charge in [-0.25, -0.2) is 18.5 Å². The number of ether oxygens (including phenoxy) is 2. The van der Waals surface area contributed by atoms with Gasteiger partial charge in [0, 0.05) is 16.9 Å². The predicted octanol–water partition coefficient (Wildman–Crippen LogP) is 3.92. The molecule has 0 bridgehead atoms. The second-order valence-electron chi connectivity index (χ2n) is 6.65. The number of thioether (sulfide) groups is 1. The fourth-order valence-corrected chi connectivity index (χ4v) is 4.40. The quantitative estimate of drug-likeness (QED) is 0.360. The zero-order valence-corrected chi connectivity index (χ0v) is 18.6. The number of H-pyrrole nitrogens is 1. The summed E-state index contributed by atoms with van der Waals surface area (Å²) in [5.74, 6) is 2.31. The Kier molecular flexibility index (Phi) is 7.41. The summed E-state index contributed by atoms with van der Waals surface area (Å²) in [5.41, 5.74) is 3.72. The van der Waals surface area contributed by atoms with Crippen LogP contribution in [0.15, 0.2) is 53.7 Å². The van der Waals surface area contributed by atoms with Crippen LogP contribution in [-0.4, -0.2) is 44.1 Å². The van der Waals surface area contributed by atoms with Crippen LogP contribution < -0.4 is 14.6 Å². The van der Waals surface area contributed by atoms with Crippen LogP contribution in [0, 0.1) is 0 Å². The first-order valence-electron chi connectivity index (χ1n) is 9.42. The molecule has 0 aliphatic rings. The number of benzene rings is 2. The van der Waals surface area contributed by atoms with Gasteiger partial charge in [-0.15, -0.1) is 0 Å². The molecule has 3 aromatic rings. The number of nitrogens with zero attached hydrogens (tertiary/aromatic N) is 1. The van der Waals surface area contributed by atoms with Gasteiger partial charge >= 0.3 is 0 Å². The number of unbranched alkanes of at least 4 members (excludes halogenated alkanes) is 1. The van der Waals surface area contributed by atoms with Crippen LogP contribution in [0.5, 0.6) is 11.5 Å². The number of hydrogen-bond acceptors (Lipinski definition) is 6. The van der Waals surface area contributed by atoms with E-state index in [2.05, 4.69) is 4.98 Å². The van der Waals surface area contributed by atoms with Gasteiger partial charge in [0.2, 0.25) is 10.0 Å². The van der Waals surface area contributed by atoms with Gasteiger partial charge in [0.25, 0.3) is 0 Å². The molecule has 30 heavy (non-hydrogen) atoms. The number of sulfonamides is 1. The van der Waals surface area contributed by atoms with Crippen LogP contribution >= 0.6 is 11.8 Å². The lowest BCUT2D eigenvalue weighted by molar-refractivity contribution is 0.414.